The van der Waals surface area contributed by atoms with E-state index < -0.39 is 5.97 Å². The molecule has 1 N–H and O–H groups in total. The van der Waals surface area contributed by atoms with Gasteiger partial charge in [0.1, 0.15) is 11.4 Å². The van der Waals surface area contributed by atoms with Crippen LogP contribution in [0, 0.1) is 6.92 Å². The molecule has 0 amide bonds. The fourth-order valence-corrected chi connectivity index (χ4v) is 3.60. The molecule has 6 nitrogen and oxygen atoms in total. The summed E-state index contributed by atoms with van der Waals surface area (Å²) < 4.78 is 0. The number of hydrogen-bond acceptors (Lipinski definition) is 6. The molecule has 2 aromatic rings. The number of aromatic carboxylic acids is 1. The number of hydrogen-bond donors (Lipinski definition) is 1. The molecule has 122 valence electrons. The smallest absolute Gasteiger partial charge is 0.339 e. The van der Waals surface area contributed by atoms with Gasteiger partial charge in [0.25, 0.3) is 0 Å². The van der Waals surface area contributed by atoms with E-state index in [4.69, 9.17) is 0 Å². The van der Waals surface area contributed by atoms with Crippen LogP contribution in [0.2, 0.25) is 0 Å². The summed E-state index contributed by atoms with van der Waals surface area (Å²) in [6.07, 6.45) is 2.54. The van der Waals surface area contributed by atoms with Crippen LogP contribution < -0.4 is 4.90 Å². The molecular formula is C16H20N4O2S. The number of thiazole rings is 1. The first kappa shape index (κ1) is 15.9. The van der Waals surface area contributed by atoms with Gasteiger partial charge in [0, 0.05) is 45.3 Å². The Kier molecular flexibility index (Phi) is 4.32. The molecule has 23 heavy (non-hydrogen) atoms. The normalized spacial score (nSPS) is 14.6. The van der Waals surface area contributed by atoms with E-state index >= 15 is 0 Å². The minimum absolute atomic E-state index is 0.344. The number of fused-ring (bicyclic) bond motifs is 1. The topological polar surface area (TPSA) is 69.6 Å². The molecule has 0 atom stereocenters. The predicted molar refractivity (Wildman–Crippen MR) is 90.2 cm³/mol. The molecule has 1 aliphatic heterocycles. The summed E-state index contributed by atoms with van der Waals surface area (Å²) in [5, 5.41) is 12.7. The third-order valence-corrected chi connectivity index (χ3v) is 4.84. The fraction of sp³-hybridized carbons (Fsp3) is 0.438. The molecule has 0 radical (unpaired) electrons. The first-order chi connectivity index (χ1) is 11.0. The molecule has 2 aromatic heterocycles. The highest BCUT2D eigenvalue weighted by Crippen LogP contribution is 2.28. The first-order valence-corrected chi connectivity index (χ1v) is 8.38. The largest absolute Gasteiger partial charge is 0.478 e. The summed E-state index contributed by atoms with van der Waals surface area (Å²) in [6.45, 7) is 4.35. The number of rotatable bonds is 4. The third-order valence-electron chi connectivity index (χ3n) is 4.02. The quantitative estimate of drug-likeness (QED) is 0.925. The van der Waals surface area contributed by atoms with Crippen molar-refractivity contribution >= 4 is 23.1 Å². The van der Waals surface area contributed by atoms with Gasteiger partial charge in [0.2, 0.25) is 0 Å². The van der Waals surface area contributed by atoms with E-state index in [9.17, 15) is 9.90 Å². The van der Waals surface area contributed by atoms with Crippen LogP contribution in [0.5, 0.6) is 0 Å². The van der Waals surface area contributed by atoms with Crippen LogP contribution >= 0.6 is 11.3 Å². The Balaban J connectivity index is 1.87. The van der Waals surface area contributed by atoms with E-state index in [1.54, 1.807) is 16.2 Å². The number of carboxylic acid groups (broad SMARTS) is 1. The Morgan fingerprint density at radius 2 is 2.26 bits per heavy atom. The van der Waals surface area contributed by atoms with E-state index in [1.807, 2.05) is 27.2 Å². The molecule has 0 saturated heterocycles. The Morgan fingerprint density at radius 1 is 1.48 bits per heavy atom. The van der Waals surface area contributed by atoms with E-state index in [2.05, 4.69) is 20.2 Å². The van der Waals surface area contributed by atoms with E-state index in [0.29, 0.717) is 17.9 Å². The van der Waals surface area contributed by atoms with Gasteiger partial charge in [-0.25, -0.2) is 14.8 Å². The van der Waals surface area contributed by atoms with Crippen LogP contribution in [0.25, 0.3) is 0 Å². The maximum absolute atomic E-state index is 11.7. The van der Waals surface area contributed by atoms with Crippen LogP contribution in [-0.4, -0.2) is 46.6 Å². The second kappa shape index (κ2) is 6.25. The second-order valence-corrected chi connectivity index (χ2v) is 7.04. The first-order valence-electron chi connectivity index (χ1n) is 7.50. The highest BCUT2D eigenvalue weighted by atomic mass is 32.1. The number of nitrogens with zero attached hydrogens (tertiary/aromatic N) is 4. The van der Waals surface area contributed by atoms with Gasteiger partial charge >= 0.3 is 5.97 Å². The van der Waals surface area contributed by atoms with Crippen molar-refractivity contribution in [2.75, 3.05) is 25.5 Å². The van der Waals surface area contributed by atoms with Crippen LogP contribution in [0.3, 0.4) is 0 Å². The Morgan fingerprint density at radius 3 is 2.87 bits per heavy atom. The predicted octanol–water partition coefficient (Wildman–Crippen LogP) is 2.17. The van der Waals surface area contributed by atoms with Crippen molar-refractivity contribution in [1.29, 1.82) is 0 Å². The lowest BCUT2D eigenvalue weighted by Crippen LogP contribution is -2.32. The molecule has 0 unspecified atom stereocenters. The van der Waals surface area contributed by atoms with Gasteiger partial charge < -0.3 is 10.0 Å². The van der Waals surface area contributed by atoms with Gasteiger partial charge in [-0.1, -0.05) is 0 Å². The summed E-state index contributed by atoms with van der Waals surface area (Å²) in [5.74, 6) is -0.374. The zero-order valence-electron chi connectivity index (χ0n) is 13.5. The number of aromatic nitrogens is 2. The molecule has 0 aromatic carbocycles. The Hall–Kier alpha value is -1.99. The number of carboxylic acids is 1. The molecular weight excluding hydrogens is 312 g/mol. The molecule has 3 heterocycles. The maximum atomic E-state index is 11.7. The van der Waals surface area contributed by atoms with Crippen LogP contribution in [0.4, 0.5) is 5.82 Å². The van der Waals surface area contributed by atoms with Gasteiger partial charge in [-0.05, 0) is 24.5 Å². The van der Waals surface area contributed by atoms with Crippen LogP contribution in [0.1, 0.15) is 32.2 Å². The molecule has 0 saturated carbocycles. The number of aryl methyl sites for hydroxylation is 1. The molecule has 0 aliphatic carbocycles. The van der Waals surface area contributed by atoms with Gasteiger partial charge in [0.15, 0.2) is 0 Å². The van der Waals surface area contributed by atoms with Crippen molar-refractivity contribution in [3.05, 3.63) is 39.0 Å². The summed E-state index contributed by atoms with van der Waals surface area (Å²) in [5.41, 5.74) is 3.34. The molecule has 0 spiro atoms. The van der Waals surface area contributed by atoms with Gasteiger partial charge in [-0.2, -0.15) is 0 Å². The second-order valence-electron chi connectivity index (χ2n) is 5.98. The fourth-order valence-electron chi connectivity index (χ4n) is 3.00. The van der Waals surface area contributed by atoms with Crippen molar-refractivity contribution < 1.29 is 9.90 Å². The summed E-state index contributed by atoms with van der Waals surface area (Å²) in [6, 6.07) is 0. The van der Waals surface area contributed by atoms with Crippen LogP contribution in [0.15, 0.2) is 11.6 Å². The van der Waals surface area contributed by atoms with Crippen molar-refractivity contribution in [2.45, 2.75) is 26.4 Å². The summed E-state index contributed by atoms with van der Waals surface area (Å²) >= 11 is 1.66. The third kappa shape index (κ3) is 3.20. The lowest BCUT2D eigenvalue weighted by molar-refractivity contribution is 0.0694. The zero-order chi connectivity index (χ0) is 16.6. The van der Waals surface area contributed by atoms with Gasteiger partial charge in [0.05, 0.1) is 10.7 Å². The van der Waals surface area contributed by atoms with Crippen molar-refractivity contribution in [1.82, 2.24) is 14.9 Å². The summed E-state index contributed by atoms with van der Waals surface area (Å²) in [4.78, 5) is 24.6. The number of carbonyl (C=O) groups is 1. The minimum Gasteiger partial charge on any atom is -0.478 e. The highest BCUT2D eigenvalue weighted by Gasteiger charge is 2.26. The molecule has 0 bridgehead atoms. The van der Waals surface area contributed by atoms with Crippen molar-refractivity contribution in [2.24, 2.45) is 0 Å². The number of pyridine rings is 1. The standard InChI is InChI=1S/C16H20N4O2S/c1-10-18-12(9-23-10)8-20-5-4-13-11(7-20)6-17-15(19(2)3)14(13)16(21)22/h6,9H,4-5,7-8H2,1-3H3,(H,21,22). The van der Waals surface area contributed by atoms with E-state index in [-0.39, 0.29) is 0 Å². The SMILES string of the molecule is Cc1nc(CN2CCc3c(cnc(N(C)C)c3C(=O)O)C2)cs1. The average molecular weight is 332 g/mol. The number of anilines is 1. The van der Waals surface area contributed by atoms with E-state index in [1.165, 1.54) is 0 Å². The highest BCUT2D eigenvalue weighted by molar-refractivity contribution is 7.09. The van der Waals surface area contributed by atoms with Crippen molar-refractivity contribution in [3.63, 3.8) is 0 Å². The minimum atomic E-state index is -0.901. The molecule has 7 heteroatoms. The molecule has 0 fully saturated rings. The van der Waals surface area contributed by atoms with Gasteiger partial charge in [-0.15, -0.1) is 11.3 Å². The van der Waals surface area contributed by atoms with Crippen molar-refractivity contribution in [3.8, 4) is 0 Å². The van der Waals surface area contributed by atoms with Crippen LogP contribution in [-0.2, 0) is 19.5 Å². The average Bonchev–Trinajstić information content (AvgIpc) is 2.90. The Labute approximate surface area is 139 Å². The maximum Gasteiger partial charge on any atom is 0.339 e. The lowest BCUT2D eigenvalue weighted by Gasteiger charge is -2.30. The molecule has 3 rings (SSSR count). The monoisotopic (exact) mass is 332 g/mol. The van der Waals surface area contributed by atoms with Gasteiger partial charge in [-0.3, -0.25) is 4.90 Å². The summed E-state index contributed by atoms with van der Waals surface area (Å²) in [7, 11) is 3.64. The Bertz CT molecular complexity index is 742. The zero-order valence-corrected chi connectivity index (χ0v) is 14.4. The van der Waals surface area contributed by atoms with E-state index in [0.717, 1.165) is 41.3 Å². The molecule has 1 aliphatic rings. The lowest BCUT2D eigenvalue weighted by atomic mass is 9.96.